The fourth-order valence-corrected chi connectivity index (χ4v) is 2.44. The smallest absolute Gasteiger partial charge is 0.137 e. The van der Waals surface area contributed by atoms with Crippen molar-refractivity contribution < 1.29 is 0 Å². The van der Waals surface area contributed by atoms with Crippen LogP contribution in [-0.2, 0) is 0 Å². The van der Waals surface area contributed by atoms with Gasteiger partial charge in [-0.3, -0.25) is 0 Å². The first-order valence-corrected chi connectivity index (χ1v) is 5.56. The van der Waals surface area contributed by atoms with Gasteiger partial charge >= 0.3 is 0 Å². The molecule has 0 aliphatic rings. The Labute approximate surface area is 99.4 Å². The van der Waals surface area contributed by atoms with E-state index in [9.17, 15) is 0 Å². The summed E-state index contributed by atoms with van der Waals surface area (Å²) in [7, 11) is 0. The number of hydrogen-bond donors (Lipinski definition) is 0. The molecule has 0 atom stereocenters. The predicted octanol–water partition coefficient (Wildman–Crippen LogP) is 4.17. The van der Waals surface area contributed by atoms with Crippen molar-refractivity contribution in [3.8, 4) is 10.4 Å². The van der Waals surface area contributed by atoms with E-state index in [-0.39, 0.29) is 0 Å². The summed E-state index contributed by atoms with van der Waals surface area (Å²) in [6.07, 6.45) is 0. The van der Waals surface area contributed by atoms with Gasteiger partial charge in [0.05, 0.1) is 4.34 Å². The normalized spacial score (nSPS) is 10.5. The summed E-state index contributed by atoms with van der Waals surface area (Å²) >= 11 is 18.8. The second-order valence-corrected chi connectivity index (χ2v) is 4.94. The molecule has 0 amide bonds. The summed E-state index contributed by atoms with van der Waals surface area (Å²) in [4.78, 5) is 0.928. The fourth-order valence-electron chi connectivity index (χ4n) is 0.985. The quantitative estimate of drug-likeness (QED) is 0.773. The molecule has 0 fully saturated rings. The highest BCUT2D eigenvalue weighted by Crippen LogP contribution is 2.34. The van der Waals surface area contributed by atoms with E-state index in [1.807, 2.05) is 6.07 Å². The average molecular weight is 266 g/mol. The van der Waals surface area contributed by atoms with Crippen LogP contribution in [0.4, 0.5) is 0 Å². The Morgan fingerprint density at radius 3 is 2.50 bits per heavy atom. The topological polar surface area (TPSA) is 25.8 Å². The Bertz CT molecular complexity index is 469. The molecule has 6 heteroatoms. The number of thiophene rings is 1. The van der Waals surface area contributed by atoms with E-state index < -0.39 is 0 Å². The molecule has 0 saturated heterocycles. The molecular weight excluding hydrogens is 263 g/mol. The molecule has 0 aliphatic heterocycles. The standard InChI is InChI=1S/C8H3Cl3N2S/c9-6-3-4(8(11)13-12-6)5-1-2-7(10)14-5/h1-3H. The van der Waals surface area contributed by atoms with E-state index >= 15 is 0 Å². The van der Waals surface area contributed by atoms with Crippen molar-refractivity contribution in [1.82, 2.24) is 10.2 Å². The van der Waals surface area contributed by atoms with Gasteiger partial charge < -0.3 is 0 Å². The first-order valence-electron chi connectivity index (χ1n) is 3.61. The number of hydrogen-bond acceptors (Lipinski definition) is 3. The third-order valence-electron chi connectivity index (χ3n) is 1.56. The molecule has 0 aliphatic carbocycles. The second-order valence-electron chi connectivity index (χ2n) is 2.48. The van der Waals surface area contributed by atoms with Crippen molar-refractivity contribution in [3.05, 3.63) is 32.8 Å². The Kier molecular flexibility index (Phi) is 2.93. The van der Waals surface area contributed by atoms with Crippen molar-refractivity contribution in [2.45, 2.75) is 0 Å². The SMILES string of the molecule is Clc1cc(-c2ccc(Cl)s2)c(Cl)nn1. The van der Waals surface area contributed by atoms with E-state index in [0.717, 1.165) is 10.4 Å². The van der Waals surface area contributed by atoms with Gasteiger partial charge in [0.15, 0.2) is 10.3 Å². The number of aromatic nitrogens is 2. The first-order chi connectivity index (χ1) is 6.66. The highest BCUT2D eigenvalue weighted by Gasteiger charge is 2.08. The van der Waals surface area contributed by atoms with Crippen LogP contribution in [0.2, 0.25) is 14.6 Å². The van der Waals surface area contributed by atoms with Crippen molar-refractivity contribution in [1.29, 1.82) is 0 Å². The average Bonchev–Trinajstić information content (AvgIpc) is 2.56. The monoisotopic (exact) mass is 264 g/mol. The van der Waals surface area contributed by atoms with E-state index in [1.165, 1.54) is 11.3 Å². The molecule has 0 spiro atoms. The van der Waals surface area contributed by atoms with Gasteiger partial charge in [-0.15, -0.1) is 21.5 Å². The van der Waals surface area contributed by atoms with Gasteiger partial charge in [-0.05, 0) is 18.2 Å². The Morgan fingerprint density at radius 2 is 1.86 bits per heavy atom. The van der Waals surface area contributed by atoms with Crippen molar-refractivity contribution in [3.63, 3.8) is 0 Å². The third-order valence-corrected chi connectivity index (χ3v) is 3.29. The molecule has 0 radical (unpaired) electrons. The van der Waals surface area contributed by atoms with E-state index in [1.54, 1.807) is 12.1 Å². The zero-order valence-electron chi connectivity index (χ0n) is 6.67. The minimum atomic E-state index is 0.314. The summed E-state index contributed by atoms with van der Waals surface area (Å²) in [6, 6.07) is 5.33. The highest BCUT2D eigenvalue weighted by molar-refractivity contribution is 7.19. The van der Waals surface area contributed by atoms with Crippen LogP contribution in [0, 0.1) is 0 Å². The number of rotatable bonds is 1. The van der Waals surface area contributed by atoms with Gasteiger partial charge in [0.25, 0.3) is 0 Å². The molecule has 0 unspecified atom stereocenters. The maximum absolute atomic E-state index is 5.87. The van der Waals surface area contributed by atoms with Crippen LogP contribution in [0.15, 0.2) is 18.2 Å². The summed E-state index contributed by atoms with van der Waals surface area (Å²) in [5.74, 6) is 0. The lowest BCUT2D eigenvalue weighted by Gasteiger charge is -1.98. The van der Waals surface area contributed by atoms with Crippen LogP contribution in [0.1, 0.15) is 0 Å². The molecule has 0 saturated carbocycles. The minimum absolute atomic E-state index is 0.314. The lowest BCUT2D eigenvalue weighted by molar-refractivity contribution is 1.03. The van der Waals surface area contributed by atoms with Crippen LogP contribution in [0.3, 0.4) is 0 Å². The van der Waals surface area contributed by atoms with Gasteiger partial charge in [0, 0.05) is 10.4 Å². The van der Waals surface area contributed by atoms with Crippen LogP contribution < -0.4 is 0 Å². The van der Waals surface area contributed by atoms with Crippen LogP contribution in [-0.4, -0.2) is 10.2 Å². The molecule has 72 valence electrons. The molecule has 0 aromatic carbocycles. The second kappa shape index (κ2) is 4.03. The predicted molar refractivity (Wildman–Crippen MR) is 60.4 cm³/mol. The van der Waals surface area contributed by atoms with Crippen LogP contribution >= 0.6 is 46.1 Å². The molecule has 2 nitrogen and oxygen atoms in total. The lowest BCUT2D eigenvalue weighted by Crippen LogP contribution is -1.85. The maximum atomic E-state index is 5.87. The van der Waals surface area contributed by atoms with Gasteiger partial charge in [-0.2, -0.15) is 0 Å². The zero-order chi connectivity index (χ0) is 10.1. The van der Waals surface area contributed by atoms with Gasteiger partial charge in [-0.1, -0.05) is 34.8 Å². The molecule has 0 bridgehead atoms. The lowest BCUT2D eigenvalue weighted by atomic mass is 10.2. The summed E-state index contributed by atoms with van der Waals surface area (Å²) in [6.45, 7) is 0. The molecule has 2 aromatic heterocycles. The third kappa shape index (κ3) is 2.01. The largest absolute Gasteiger partial charge is 0.160 e. The molecule has 2 aromatic rings. The Morgan fingerprint density at radius 1 is 1.07 bits per heavy atom. The zero-order valence-corrected chi connectivity index (χ0v) is 9.75. The minimum Gasteiger partial charge on any atom is -0.137 e. The van der Waals surface area contributed by atoms with Crippen LogP contribution in [0.25, 0.3) is 10.4 Å². The van der Waals surface area contributed by atoms with E-state index in [2.05, 4.69) is 10.2 Å². The van der Waals surface area contributed by atoms with E-state index in [0.29, 0.717) is 14.6 Å². The summed E-state index contributed by atoms with van der Waals surface area (Å²) in [5.41, 5.74) is 0.753. The van der Waals surface area contributed by atoms with Gasteiger partial charge in [-0.25, -0.2) is 0 Å². The molecule has 14 heavy (non-hydrogen) atoms. The Balaban J connectivity index is 2.55. The number of nitrogens with zero attached hydrogens (tertiary/aromatic N) is 2. The first kappa shape index (κ1) is 10.2. The summed E-state index contributed by atoms with van der Waals surface area (Å²) < 4.78 is 0.698. The van der Waals surface area contributed by atoms with Gasteiger partial charge in [0.2, 0.25) is 0 Å². The molecule has 2 rings (SSSR count). The van der Waals surface area contributed by atoms with Crippen LogP contribution in [0.5, 0.6) is 0 Å². The van der Waals surface area contributed by atoms with E-state index in [4.69, 9.17) is 34.8 Å². The molecule has 2 heterocycles. The van der Waals surface area contributed by atoms with Gasteiger partial charge in [0.1, 0.15) is 0 Å². The highest BCUT2D eigenvalue weighted by atomic mass is 35.5. The summed E-state index contributed by atoms with van der Waals surface area (Å²) in [5, 5.41) is 7.98. The number of halogens is 3. The Hall–Kier alpha value is -0.350. The fraction of sp³-hybridized carbons (Fsp3) is 0. The molecule has 0 N–H and O–H groups in total. The van der Waals surface area contributed by atoms with Crippen molar-refractivity contribution in [2.24, 2.45) is 0 Å². The molecular formula is C8H3Cl3N2S. The van der Waals surface area contributed by atoms with Crippen molar-refractivity contribution in [2.75, 3.05) is 0 Å². The van der Waals surface area contributed by atoms with Crippen molar-refractivity contribution >= 4 is 46.1 Å². The maximum Gasteiger partial charge on any atom is 0.160 e.